The molecule has 1 N–H and O–H groups in total. The molecule has 1 heterocycles. The van der Waals surface area contributed by atoms with Crippen LogP contribution in [0, 0.1) is 0 Å². The summed E-state index contributed by atoms with van der Waals surface area (Å²) in [4.78, 5) is 12.1. The van der Waals surface area contributed by atoms with E-state index in [4.69, 9.17) is 4.74 Å². The van der Waals surface area contributed by atoms with Gasteiger partial charge in [0, 0.05) is 31.9 Å². The van der Waals surface area contributed by atoms with Gasteiger partial charge in [0.25, 0.3) is 5.91 Å². The van der Waals surface area contributed by atoms with Crippen LogP contribution >= 0.6 is 0 Å². The van der Waals surface area contributed by atoms with E-state index in [1.54, 1.807) is 32.2 Å². The second kappa shape index (κ2) is 7.31. The van der Waals surface area contributed by atoms with Gasteiger partial charge in [-0.1, -0.05) is 0 Å². The van der Waals surface area contributed by atoms with E-state index in [2.05, 4.69) is 5.32 Å². The summed E-state index contributed by atoms with van der Waals surface area (Å²) < 4.78 is 30.9. The van der Waals surface area contributed by atoms with Gasteiger partial charge in [-0.2, -0.15) is 0 Å². The maximum Gasteiger partial charge on any atom is 0.251 e. The van der Waals surface area contributed by atoms with Gasteiger partial charge in [0.05, 0.1) is 11.4 Å². The summed E-state index contributed by atoms with van der Waals surface area (Å²) in [5, 5.41) is 2.84. The number of anilines is 1. The van der Waals surface area contributed by atoms with Crippen LogP contribution in [-0.4, -0.2) is 46.4 Å². The van der Waals surface area contributed by atoms with E-state index < -0.39 is 10.0 Å². The molecule has 1 aromatic carbocycles. The Morgan fingerprint density at radius 2 is 2.17 bits per heavy atom. The number of nitrogens with zero attached hydrogens (tertiary/aromatic N) is 1. The first-order chi connectivity index (χ1) is 10.9. The number of rotatable bonds is 7. The van der Waals surface area contributed by atoms with Gasteiger partial charge >= 0.3 is 0 Å². The number of methoxy groups -OCH3 is 1. The number of carbonyl (C=O) groups is 1. The van der Waals surface area contributed by atoms with E-state index in [9.17, 15) is 13.2 Å². The minimum absolute atomic E-state index is 0.0680. The summed E-state index contributed by atoms with van der Waals surface area (Å²) in [6, 6.07) is 5.09. The average Bonchev–Trinajstić information content (AvgIpc) is 2.86. The molecule has 0 aromatic heterocycles. The zero-order valence-electron chi connectivity index (χ0n) is 13.8. The zero-order valence-corrected chi connectivity index (χ0v) is 14.6. The van der Waals surface area contributed by atoms with Crippen LogP contribution in [0.2, 0.25) is 0 Å². The molecule has 0 saturated carbocycles. The molecule has 1 amide bonds. The van der Waals surface area contributed by atoms with E-state index in [0.717, 1.165) is 12.0 Å². The molecule has 0 bridgehead atoms. The van der Waals surface area contributed by atoms with Crippen molar-refractivity contribution in [3.63, 3.8) is 0 Å². The third kappa shape index (κ3) is 3.84. The molecular formula is C16H24N2O4S. The highest BCUT2D eigenvalue weighted by molar-refractivity contribution is 7.92. The number of hydrogen-bond acceptors (Lipinski definition) is 4. The van der Waals surface area contributed by atoms with Crippen LogP contribution in [-0.2, 0) is 21.2 Å². The number of carbonyl (C=O) groups excluding carboxylic acids is 1. The summed E-state index contributed by atoms with van der Waals surface area (Å²) in [5.41, 5.74) is 2.15. The number of hydrogen-bond donors (Lipinski definition) is 1. The van der Waals surface area contributed by atoms with Crippen molar-refractivity contribution in [2.24, 2.45) is 0 Å². The lowest BCUT2D eigenvalue weighted by molar-refractivity contribution is 0.0948. The third-order valence-electron chi connectivity index (χ3n) is 3.97. The highest BCUT2D eigenvalue weighted by Gasteiger charge is 2.34. The SMILES string of the molecule is CCS(=O)(=O)N1c2ccc(C(=O)NCCCOC)cc2C[C@@H]1C. The van der Waals surface area contributed by atoms with Gasteiger partial charge in [0.15, 0.2) is 0 Å². The summed E-state index contributed by atoms with van der Waals surface area (Å²) in [5.74, 6) is -0.0771. The van der Waals surface area contributed by atoms with Crippen molar-refractivity contribution >= 4 is 21.6 Å². The second-order valence-electron chi connectivity index (χ2n) is 5.70. The minimum atomic E-state index is -3.30. The largest absolute Gasteiger partial charge is 0.385 e. The molecule has 0 unspecified atom stereocenters. The highest BCUT2D eigenvalue weighted by Crippen LogP contribution is 2.35. The first kappa shape index (κ1) is 17.7. The molecule has 0 saturated heterocycles. The van der Waals surface area contributed by atoms with Crippen molar-refractivity contribution in [3.8, 4) is 0 Å². The summed E-state index contributed by atoms with van der Waals surface area (Å²) >= 11 is 0. The fraction of sp³-hybridized carbons (Fsp3) is 0.562. The van der Waals surface area contributed by atoms with Crippen molar-refractivity contribution < 1.29 is 17.9 Å². The maximum absolute atomic E-state index is 12.2. The Kier molecular flexibility index (Phi) is 5.64. The molecule has 1 atom stereocenters. The van der Waals surface area contributed by atoms with Gasteiger partial charge in [-0.25, -0.2) is 8.42 Å². The quantitative estimate of drug-likeness (QED) is 0.764. The molecule has 1 aliphatic rings. The van der Waals surface area contributed by atoms with Gasteiger partial charge < -0.3 is 10.1 Å². The first-order valence-corrected chi connectivity index (χ1v) is 9.43. The van der Waals surface area contributed by atoms with Crippen LogP contribution in [0.3, 0.4) is 0 Å². The zero-order chi connectivity index (χ0) is 17.0. The summed E-state index contributed by atoms with van der Waals surface area (Å²) in [7, 11) is -1.67. The van der Waals surface area contributed by atoms with Crippen LogP contribution in [0.4, 0.5) is 5.69 Å². The molecule has 1 aromatic rings. The van der Waals surface area contributed by atoms with E-state index in [-0.39, 0.29) is 17.7 Å². The Labute approximate surface area is 137 Å². The smallest absolute Gasteiger partial charge is 0.251 e. The van der Waals surface area contributed by atoms with Crippen molar-refractivity contribution in [1.82, 2.24) is 5.32 Å². The predicted molar refractivity (Wildman–Crippen MR) is 90.4 cm³/mol. The molecule has 23 heavy (non-hydrogen) atoms. The van der Waals surface area contributed by atoms with Crippen molar-refractivity contribution in [2.45, 2.75) is 32.7 Å². The molecule has 6 nitrogen and oxygen atoms in total. The van der Waals surface area contributed by atoms with Crippen LogP contribution in [0.5, 0.6) is 0 Å². The molecule has 128 valence electrons. The first-order valence-electron chi connectivity index (χ1n) is 7.83. The van der Waals surface area contributed by atoms with Crippen molar-refractivity contribution in [2.75, 3.05) is 30.3 Å². The van der Waals surface area contributed by atoms with Crippen LogP contribution in [0.25, 0.3) is 0 Å². The standard InChI is InChI=1S/C16H24N2O4S/c1-4-23(20,21)18-12(2)10-14-11-13(6-7-15(14)18)16(19)17-8-5-9-22-3/h6-7,11-12H,4-5,8-10H2,1-3H3,(H,17,19)/t12-/m0/s1. The topological polar surface area (TPSA) is 75.7 Å². The van der Waals surface area contributed by atoms with Gasteiger partial charge in [-0.15, -0.1) is 0 Å². The van der Waals surface area contributed by atoms with Crippen LogP contribution < -0.4 is 9.62 Å². The molecule has 2 rings (SSSR count). The van der Waals surface area contributed by atoms with Gasteiger partial charge in [-0.3, -0.25) is 9.10 Å². The Morgan fingerprint density at radius 1 is 1.43 bits per heavy atom. The van der Waals surface area contributed by atoms with E-state index in [1.165, 1.54) is 4.31 Å². The normalized spacial score (nSPS) is 17.2. The summed E-state index contributed by atoms with van der Waals surface area (Å²) in [6.45, 7) is 4.68. The van der Waals surface area contributed by atoms with E-state index in [1.807, 2.05) is 6.92 Å². The highest BCUT2D eigenvalue weighted by atomic mass is 32.2. The predicted octanol–water partition coefficient (Wildman–Crippen LogP) is 1.55. The Bertz CT molecular complexity index is 673. The van der Waals surface area contributed by atoms with Crippen LogP contribution in [0.15, 0.2) is 18.2 Å². The number of benzene rings is 1. The average molecular weight is 340 g/mol. The van der Waals surface area contributed by atoms with Gasteiger partial charge in [0.1, 0.15) is 0 Å². The minimum Gasteiger partial charge on any atom is -0.385 e. The van der Waals surface area contributed by atoms with E-state index in [0.29, 0.717) is 30.8 Å². The Hall–Kier alpha value is -1.60. The fourth-order valence-electron chi connectivity index (χ4n) is 2.83. The summed E-state index contributed by atoms with van der Waals surface area (Å²) in [6.07, 6.45) is 1.38. The van der Waals surface area contributed by atoms with Crippen molar-refractivity contribution in [3.05, 3.63) is 29.3 Å². The molecule has 0 radical (unpaired) electrons. The lowest BCUT2D eigenvalue weighted by Crippen LogP contribution is -2.36. The Morgan fingerprint density at radius 3 is 2.83 bits per heavy atom. The number of sulfonamides is 1. The lowest BCUT2D eigenvalue weighted by atomic mass is 10.1. The lowest BCUT2D eigenvalue weighted by Gasteiger charge is -2.23. The molecule has 0 fully saturated rings. The molecule has 0 spiro atoms. The maximum atomic E-state index is 12.2. The second-order valence-corrected chi connectivity index (χ2v) is 7.83. The van der Waals surface area contributed by atoms with Crippen LogP contribution in [0.1, 0.15) is 36.2 Å². The monoisotopic (exact) mass is 340 g/mol. The Balaban J connectivity index is 2.15. The molecule has 7 heteroatoms. The molecular weight excluding hydrogens is 316 g/mol. The van der Waals surface area contributed by atoms with Gasteiger partial charge in [0.2, 0.25) is 10.0 Å². The third-order valence-corrected chi connectivity index (χ3v) is 5.86. The fourth-order valence-corrected chi connectivity index (χ4v) is 4.21. The number of nitrogens with one attached hydrogen (secondary N) is 1. The van der Waals surface area contributed by atoms with Gasteiger partial charge in [-0.05, 0) is 50.5 Å². The molecule has 0 aliphatic carbocycles. The number of amides is 1. The van der Waals surface area contributed by atoms with E-state index >= 15 is 0 Å². The number of ether oxygens (including phenoxy) is 1. The molecule has 1 aliphatic heterocycles. The number of fused-ring (bicyclic) bond motifs is 1. The van der Waals surface area contributed by atoms with Crippen molar-refractivity contribution in [1.29, 1.82) is 0 Å².